The van der Waals surface area contributed by atoms with E-state index in [0.717, 1.165) is 4.90 Å². The van der Waals surface area contributed by atoms with E-state index in [9.17, 15) is 27.6 Å². The molecule has 1 aromatic carbocycles. The molecule has 11 nitrogen and oxygen atoms in total. The normalized spacial score (nSPS) is 13.5. The molecule has 0 spiro atoms. The van der Waals surface area contributed by atoms with Gasteiger partial charge >= 0.3 is 18.0 Å². The van der Waals surface area contributed by atoms with Crippen molar-refractivity contribution in [1.82, 2.24) is 15.2 Å². The summed E-state index contributed by atoms with van der Waals surface area (Å²) in [6.07, 6.45) is -0.0611. The van der Waals surface area contributed by atoms with Gasteiger partial charge in [0.2, 0.25) is 11.8 Å². The van der Waals surface area contributed by atoms with Crippen LogP contribution in [-0.4, -0.2) is 61.7 Å². The first-order valence-corrected chi connectivity index (χ1v) is 12.2. The second-order valence-electron chi connectivity index (χ2n) is 8.91. The molecule has 3 rings (SSSR count). The summed E-state index contributed by atoms with van der Waals surface area (Å²) in [6, 6.07) is 4.67. The molecule has 0 unspecified atom stereocenters. The Kier molecular flexibility index (Phi) is 9.42. The van der Waals surface area contributed by atoms with E-state index in [2.05, 4.69) is 20.9 Å². The van der Waals surface area contributed by atoms with Crippen LogP contribution in [0.4, 0.5) is 36.2 Å². The number of anilines is 2. The molecule has 1 aliphatic heterocycles. The minimum Gasteiger partial charge on any atom is -0.371 e. The summed E-state index contributed by atoms with van der Waals surface area (Å²) in [4.78, 5) is 36.8. The molecular weight excluding hydrogens is 505 g/mol. The fourth-order valence-corrected chi connectivity index (χ4v) is 4.02. The smallest absolute Gasteiger partial charge is 0.371 e. The SMILES string of the molecule is CC(=O)NCCCn1cc[n+](CCCNC(C)=O)c1N=Nc1ccc2c(c1)N(C(=O)C(F)(F)F)CCN2C. The average Bonchev–Trinajstić information content (AvgIpc) is 3.23. The molecule has 0 saturated heterocycles. The number of alkyl halides is 3. The zero-order chi connectivity index (χ0) is 27.9. The van der Waals surface area contributed by atoms with Crippen molar-refractivity contribution in [1.29, 1.82) is 0 Å². The van der Waals surface area contributed by atoms with Crippen LogP contribution >= 0.6 is 0 Å². The van der Waals surface area contributed by atoms with Crippen LogP contribution in [0.1, 0.15) is 26.7 Å². The average molecular weight is 538 g/mol. The summed E-state index contributed by atoms with van der Waals surface area (Å²) in [5, 5.41) is 14.1. The number of hydrogen-bond acceptors (Lipinski definition) is 6. The van der Waals surface area contributed by atoms with E-state index in [1.165, 1.54) is 19.9 Å². The van der Waals surface area contributed by atoms with Crippen molar-refractivity contribution in [3.63, 3.8) is 0 Å². The van der Waals surface area contributed by atoms with Crippen molar-refractivity contribution >= 4 is 40.7 Å². The Balaban J connectivity index is 1.86. The number of likely N-dealkylation sites (N-methyl/N-ethyl adjacent to an activating group) is 1. The highest BCUT2D eigenvalue weighted by Gasteiger charge is 2.44. The number of carbonyl (C=O) groups is 3. The Bertz CT molecular complexity index is 1160. The highest BCUT2D eigenvalue weighted by Crippen LogP contribution is 2.37. The van der Waals surface area contributed by atoms with E-state index in [1.54, 1.807) is 24.1 Å². The van der Waals surface area contributed by atoms with E-state index in [-0.39, 0.29) is 36.3 Å². The van der Waals surface area contributed by atoms with Gasteiger partial charge in [-0.1, -0.05) is 5.11 Å². The molecule has 2 heterocycles. The molecule has 0 saturated carbocycles. The van der Waals surface area contributed by atoms with Crippen LogP contribution in [0.3, 0.4) is 0 Å². The number of aromatic nitrogens is 2. The van der Waals surface area contributed by atoms with Gasteiger partial charge in [-0.3, -0.25) is 14.4 Å². The zero-order valence-electron chi connectivity index (χ0n) is 21.6. The molecule has 14 heteroatoms. The van der Waals surface area contributed by atoms with E-state index in [0.29, 0.717) is 50.7 Å². The number of hydrogen-bond donors (Lipinski definition) is 2. The third kappa shape index (κ3) is 7.52. The monoisotopic (exact) mass is 537 g/mol. The van der Waals surface area contributed by atoms with Gasteiger partial charge in [0.05, 0.1) is 36.9 Å². The molecule has 2 N–H and O–H groups in total. The Hall–Kier alpha value is -3.97. The molecule has 38 heavy (non-hydrogen) atoms. The van der Waals surface area contributed by atoms with Crippen LogP contribution in [-0.2, 0) is 27.5 Å². The fraction of sp³-hybridized carbons (Fsp3) is 0.500. The molecule has 3 amide bonds. The number of aryl methyl sites for hydroxylation is 2. The second-order valence-corrected chi connectivity index (χ2v) is 8.91. The second kappa shape index (κ2) is 12.5. The Morgan fingerprint density at radius 1 is 1.00 bits per heavy atom. The van der Waals surface area contributed by atoms with Crippen molar-refractivity contribution in [3.05, 3.63) is 30.6 Å². The lowest BCUT2D eigenvalue weighted by molar-refractivity contribution is -0.683. The third-order valence-corrected chi connectivity index (χ3v) is 5.90. The predicted molar refractivity (Wildman–Crippen MR) is 134 cm³/mol. The van der Waals surface area contributed by atoms with Crippen molar-refractivity contribution in [3.8, 4) is 0 Å². The van der Waals surface area contributed by atoms with Gasteiger partial charge < -0.3 is 20.4 Å². The summed E-state index contributed by atoms with van der Waals surface area (Å²) in [5.74, 6) is -1.68. The lowest BCUT2D eigenvalue weighted by Crippen LogP contribution is -2.48. The lowest BCUT2D eigenvalue weighted by atomic mass is 10.1. The third-order valence-electron chi connectivity index (χ3n) is 5.90. The van der Waals surface area contributed by atoms with E-state index in [4.69, 9.17) is 0 Å². The van der Waals surface area contributed by atoms with Crippen LogP contribution in [0.15, 0.2) is 40.8 Å². The summed E-state index contributed by atoms with van der Waals surface area (Å²) in [7, 11) is 1.74. The maximum Gasteiger partial charge on any atom is 0.471 e. The highest BCUT2D eigenvalue weighted by atomic mass is 19.4. The predicted octanol–water partition coefficient (Wildman–Crippen LogP) is 2.59. The maximum absolute atomic E-state index is 13.2. The maximum atomic E-state index is 13.2. The molecule has 206 valence electrons. The number of rotatable bonds is 10. The summed E-state index contributed by atoms with van der Waals surface area (Å²) in [5.41, 5.74) is 0.892. The first kappa shape index (κ1) is 28.6. The molecular formula is C24H32F3N8O3+. The molecule has 0 atom stereocenters. The van der Waals surface area contributed by atoms with Crippen LogP contribution in [0.2, 0.25) is 0 Å². The number of amides is 3. The van der Waals surface area contributed by atoms with Gasteiger partial charge in [-0.05, 0) is 31.0 Å². The number of nitrogens with zero attached hydrogens (tertiary/aromatic N) is 6. The van der Waals surface area contributed by atoms with Gasteiger partial charge in [-0.2, -0.15) is 13.2 Å². The van der Waals surface area contributed by atoms with Crippen molar-refractivity contribution in [2.24, 2.45) is 10.2 Å². The highest BCUT2D eigenvalue weighted by molar-refractivity contribution is 6.01. The van der Waals surface area contributed by atoms with E-state index < -0.39 is 12.1 Å². The molecule has 0 aliphatic carbocycles. The first-order valence-electron chi connectivity index (χ1n) is 12.2. The number of benzene rings is 1. The summed E-state index contributed by atoms with van der Waals surface area (Å²) < 4.78 is 43.3. The number of azo groups is 1. The molecule has 0 fully saturated rings. The molecule has 2 aromatic rings. The number of fused-ring (bicyclic) bond motifs is 1. The number of imidazole rings is 1. The molecule has 1 aliphatic rings. The topological polar surface area (TPSA) is 115 Å². The van der Waals surface area contributed by atoms with Crippen molar-refractivity contribution in [2.45, 2.75) is 46.0 Å². The Morgan fingerprint density at radius 2 is 1.68 bits per heavy atom. The quantitative estimate of drug-likeness (QED) is 0.275. The molecule has 0 bridgehead atoms. The van der Waals surface area contributed by atoms with Crippen molar-refractivity contribution in [2.75, 3.05) is 43.0 Å². The number of nitrogens with one attached hydrogen (secondary N) is 2. The number of carbonyl (C=O) groups excluding carboxylic acids is 3. The van der Waals surface area contributed by atoms with Gasteiger partial charge in [-0.15, -0.1) is 0 Å². The van der Waals surface area contributed by atoms with Gasteiger partial charge in [0.15, 0.2) is 0 Å². The Labute approximate surface area is 218 Å². The largest absolute Gasteiger partial charge is 0.471 e. The minimum absolute atomic E-state index is 0.103. The fourth-order valence-electron chi connectivity index (χ4n) is 4.02. The molecule has 0 radical (unpaired) electrons. The van der Waals surface area contributed by atoms with Crippen molar-refractivity contribution < 1.29 is 32.1 Å². The van der Waals surface area contributed by atoms with Gasteiger partial charge in [0.25, 0.3) is 0 Å². The van der Waals surface area contributed by atoms with Gasteiger partial charge in [0, 0.05) is 52.2 Å². The first-order chi connectivity index (χ1) is 18.0. The minimum atomic E-state index is -4.99. The van der Waals surface area contributed by atoms with Crippen LogP contribution in [0, 0.1) is 0 Å². The van der Waals surface area contributed by atoms with E-state index in [1.807, 2.05) is 21.5 Å². The zero-order valence-corrected chi connectivity index (χ0v) is 21.6. The number of halogens is 3. The van der Waals surface area contributed by atoms with Gasteiger partial charge in [0.1, 0.15) is 5.69 Å². The van der Waals surface area contributed by atoms with Crippen LogP contribution < -0.4 is 25.0 Å². The van der Waals surface area contributed by atoms with Gasteiger partial charge in [-0.25, -0.2) is 9.13 Å². The van der Waals surface area contributed by atoms with Crippen LogP contribution in [0.25, 0.3) is 0 Å². The van der Waals surface area contributed by atoms with Crippen LogP contribution in [0.5, 0.6) is 0 Å². The van der Waals surface area contributed by atoms with E-state index >= 15 is 0 Å². The Morgan fingerprint density at radius 3 is 2.34 bits per heavy atom. The standard InChI is InChI=1S/C24H31F3N8O3/c1-17(36)28-8-4-10-33-13-14-34(11-5-9-29-18(2)37)23(33)31-30-19-6-7-20-21(16-19)35(15-12-32(20)3)22(38)24(25,26)27/h6-7,13-14,16H,4-5,8-12,15H2,1-3H3,(H-,28,29,36,37)/p+1. The molecule has 1 aromatic heterocycles. The summed E-state index contributed by atoms with van der Waals surface area (Å²) in [6.45, 7) is 5.08. The summed E-state index contributed by atoms with van der Waals surface area (Å²) >= 11 is 0. The lowest BCUT2D eigenvalue weighted by Gasteiger charge is -2.35.